The van der Waals surface area contributed by atoms with Gasteiger partial charge in [0.2, 0.25) is 5.91 Å². The monoisotopic (exact) mass is 507 g/mol. The molecule has 7 rings (SSSR count). The third-order valence-electron chi connectivity index (χ3n) is 8.48. The summed E-state index contributed by atoms with van der Waals surface area (Å²) >= 11 is 3.32. The summed E-state index contributed by atoms with van der Waals surface area (Å²) in [5.74, 6) is 4.51. The van der Waals surface area contributed by atoms with Crippen molar-refractivity contribution in [3.63, 3.8) is 0 Å². The molecule has 4 aliphatic carbocycles. The van der Waals surface area contributed by atoms with E-state index in [2.05, 4.69) is 19.2 Å². The zero-order valence-electron chi connectivity index (χ0n) is 20.9. The standard InChI is InChI=1S/C28H33N3O2S2/c1-15-5-6-22(33-4)21(7-15)29-23(32)14-34-25-24-16(2)17(3)35-26(24)31-27(30-25)28-11-18-8-19(12-28)10-20(9-18)13-28/h5-7,18-20H,8-14H2,1-4H3,(H,29,32). The largest absolute Gasteiger partial charge is 0.495 e. The molecule has 1 amide bonds. The predicted molar refractivity (Wildman–Crippen MR) is 144 cm³/mol. The number of thioether (sulfide) groups is 1. The van der Waals surface area contributed by atoms with E-state index < -0.39 is 0 Å². The molecule has 2 aromatic heterocycles. The van der Waals surface area contributed by atoms with Crippen LogP contribution in [0.15, 0.2) is 23.2 Å². The number of nitrogens with one attached hydrogen (secondary N) is 1. The number of aromatic nitrogens is 2. The molecule has 4 bridgehead atoms. The molecule has 35 heavy (non-hydrogen) atoms. The van der Waals surface area contributed by atoms with Crippen molar-refractivity contribution in [2.24, 2.45) is 17.8 Å². The Morgan fingerprint density at radius 3 is 2.46 bits per heavy atom. The van der Waals surface area contributed by atoms with Crippen LogP contribution in [0.2, 0.25) is 0 Å². The van der Waals surface area contributed by atoms with Crippen LogP contribution in [0, 0.1) is 38.5 Å². The fourth-order valence-electron chi connectivity index (χ4n) is 7.18. The predicted octanol–water partition coefficient (Wildman–Crippen LogP) is 6.82. The van der Waals surface area contributed by atoms with Gasteiger partial charge in [0.25, 0.3) is 0 Å². The second kappa shape index (κ2) is 8.77. The number of hydrogen-bond donors (Lipinski definition) is 1. The minimum atomic E-state index is -0.0494. The summed E-state index contributed by atoms with van der Waals surface area (Å²) in [4.78, 5) is 25.8. The van der Waals surface area contributed by atoms with Gasteiger partial charge in [-0.1, -0.05) is 17.8 Å². The smallest absolute Gasteiger partial charge is 0.234 e. The van der Waals surface area contributed by atoms with Gasteiger partial charge in [0.05, 0.1) is 18.6 Å². The summed E-state index contributed by atoms with van der Waals surface area (Å²) in [6, 6.07) is 5.82. The molecule has 3 aromatic rings. The van der Waals surface area contributed by atoms with Gasteiger partial charge in [-0.05, 0) is 100 Å². The van der Waals surface area contributed by atoms with Gasteiger partial charge in [-0.3, -0.25) is 4.79 Å². The van der Waals surface area contributed by atoms with Crippen molar-refractivity contribution < 1.29 is 9.53 Å². The van der Waals surface area contributed by atoms with E-state index in [9.17, 15) is 4.79 Å². The molecule has 0 saturated heterocycles. The molecule has 0 aliphatic heterocycles. The zero-order chi connectivity index (χ0) is 24.3. The summed E-state index contributed by atoms with van der Waals surface area (Å²) in [6.07, 6.45) is 7.94. The van der Waals surface area contributed by atoms with Crippen molar-refractivity contribution in [2.45, 2.75) is 69.7 Å². The SMILES string of the molecule is COc1ccc(C)cc1NC(=O)CSc1nc(C23CC4CC(CC(C4)C2)C3)nc2sc(C)c(C)c12. The van der Waals surface area contributed by atoms with Crippen molar-refractivity contribution in [1.29, 1.82) is 0 Å². The zero-order valence-corrected chi connectivity index (χ0v) is 22.6. The summed E-state index contributed by atoms with van der Waals surface area (Å²) in [6.45, 7) is 6.33. The minimum absolute atomic E-state index is 0.0494. The average molecular weight is 508 g/mol. The van der Waals surface area contributed by atoms with Crippen LogP contribution in [-0.4, -0.2) is 28.7 Å². The third-order valence-corrected chi connectivity index (χ3v) is 10.6. The summed E-state index contributed by atoms with van der Waals surface area (Å²) in [5.41, 5.74) is 3.17. The number of aryl methyl sites for hydroxylation is 3. The van der Waals surface area contributed by atoms with Crippen LogP contribution in [0.25, 0.3) is 10.2 Å². The van der Waals surface area contributed by atoms with E-state index in [1.54, 1.807) is 30.2 Å². The van der Waals surface area contributed by atoms with Crippen molar-refractivity contribution >= 4 is 44.9 Å². The molecule has 1 N–H and O–H groups in total. The number of fused-ring (bicyclic) bond motifs is 1. The molecule has 4 aliphatic rings. The number of nitrogens with zero attached hydrogens (tertiary/aromatic N) is 2. The first-order valence-corrected chi connectivity index (χ1v) is 14.5. The molecule has 4 fully saturated rings. The third kappa shape index (κ3) is 4.14. The van der Waals surface area contributed by atoms with E-state index >= 15 is 0 Å². The molecule has 184 valence electrons. The Hall–Kier alpha value is -2.12. The number of amides is 1. The Labute approximate surface area is 215 Å². The molecular weight excluding hydrogens is 474 g/mol. The Bertz CT molecular complexity index is 1280. The number of carbonyl (C=O) groups excluding carboxylic acids is 1. The quantitative estimate of drug-likeness (QED) is 0.293. The van der Waals surface area contributed by atoms with Crippen LogP contribution in [0.1, 0.15) is 60.4 Å². The molecule has 0 spiro atoms. The van der Waals surface area contributed by atoms with Gasteiger partial charge >= 0.3 is 0 Å². The molecule has 7 heteroatoms. The lowest BCUT2D eigenvalue weighted by molar-refractivity contribution is -0.113. The number of hydrogen-bond acceptors (Lipinski definition) is 6. The van der Waals surface area contributed by atoms with Crippen LogP contribution in [0.3, 0.4) is 0 Å². The number of methoxy groups -OCH3 is 1. The van der Waals surface area contributed by atoms with Crippen LogP contribution in [-0.2, 0) is 10.2 Å². The first kappa shape index (κ1) is 23.3. The van der Waals surface area contributed by atoms with Gasteiger partial charge in [-0.2, -0.15) is 0 Å². The lowest BCUT2D eigenvalue weighted by atomic mass is 9.49. The number of anilines is 1. The average Bonchev–Trinajstić information content (AvgIpc) is 3.10. The van der Waals surface area contributed by atoms with Crippen LogP contribution >= 0.6 is 23.1 Å². The maximum absolute atomic E-state index is 13.0. The minimum Gasteiger partial charge on any atom is -0.495 e. The highest BCUT2D eigenvalue weighted by Crippen LogP contribution is 2.60. The molecule has 4 saturated carbocycles. The van der Waals surface area contributed by atoms with Crippen LogP contribution in [0.5, 0.6) is 5.75 Å². The molecule has 2 heterocycles. The van der Waals surface area contributed by atoms with E-state index in [4.69, 9.17) is 14.7 Å². The van der Waals surface area contributed by atoms with Gasteiger partial charge < -0.3 is 10.1 Å². The van der Waals surface area contributed by atoms with Crippen LogP contribution < -0.4 is 10.1 Å². The summed E-state index contributed by atoms with van der Waals surface area (Å²) in [7, 11) is 1.63. The highest BCUT2D eigenvalue weighted by molar-refractivity contribution is 8.00. The van der Waals surface area contributed by atoms with E-state index in [0.717, 1.165) is 44.4 Å². The molecule has 1 aromatic carbocycles. The van der Waals surface area contributed by atoms with Gasteiger partial charge in [-0.25, -0.2) is 9.97 Å². The number of benzene rings is 1. The number of carbonyl (C=O) groups is 1. The van der Waals surface area contributed by atoms with Crippen molar-refractivity contribution in [2.75, 3.05) is 18.2 Å². The Kier molecular flexibility index (Phi) is 5.83. The second-order valence-electron chi connectivity index (χ2n) is 11.1. The fraction of sp³-hybridized carbons (Fsp3) is 0.536. The molecule has 0 radical (unpaired) electrons. The lowest BCUT2D eigenvalue weighted by Gasteiger charge is -2.56. The topological polar surface area (TPSA) is 64.1 Å². The van der Waals surface area contributed by atoms with E-state index in [-0.39, 0.29) is 11.3 Å². The summed E-state index contributed by atoms with van der Waals surface area (Å²) < 4.78 is 5.43. The highest BCUT2D eigenvalue weighted by Gasteiger charge is 2.53. The number of thiophene rings is 1. The van der Waals surface area contributed by atoms with Crippen molar-refractivity contribution in [1.82, 2.24) is 9.97 Å². The normalized spacial score (nSPS) is 26.9. The number of ether oxygens (including phenoxy) is 1. The van der Waals surface area contributed by atoms with Crippen molar-refractivity contribution in [3.05, 3.63) is 40.0 Å². The molecule has 0 atom stereocenters. The first-order chi connectivity index (χ1) is 16.8. The number of rotatable bonds is 6. The summed E-state index contributed by atoms with van der Waals surface area (Å²) in [5, 5.41) is 5.14. The van der Waals surface area contributed by atoms with Gasteiger partial charge in [-0.15, -0.1) is 11.3 Å². The first-order valence-electron chi connectivity index (χ1n) is 12.7. The van der Waals surface area contributed by atoms with E-state index in [1.165, 1.54) is 49.0 Å². The van der Waals surface area contributed by atoms with Gasteiger partial charge in [0.15, 0.2) is 0 Å². The van der Waals surface area contributed by atoms with Gasteiger partial charge in [0, 0.05) is 15.7 Å². The Balaban J connectivity index is 1.30. The Morgan fingerprint density at radius 1 is 1.11 bits per heavy atom. The van der Waals surface area contributed by atoms with Crippen LogP contribution in [0.4, 0.5) is 5.69 Å². The van der Waals surface area contributed by atoms with E-state index in [0.29, 0.717) is 17.2 Å². The van der Waals surface area contributed by atoms with E-state index in [1.807, 2.05) is 25.1 Å². The Morgan fingerprint density at radius 2 is 1.80 bits per heavy atom. The molecule has 0 unspecified atom stereocenters. The fourth-order valence-corrected chi connectivity index (χ4v) is 9.16. The lowest BCUT2D eigenvalue weighted by Crippen LogP contribution is -2.49. The van der Waals surface area contributed by atoms with Gasteiger partial charge in [0.1, 0.15) is 21.4 Å². The molecule has 5 nitrogen and oxygen atoms in total. The highest BCUT2D eigenvalue weighted by atomic mass is 32.2. The second-order valence-corrected chi connectivity index (χ2v) is 13.2. The maximum atomic E-state index is 13.0. The maximum Gasteiger partial charge on any atom is 0.234 e. The molecular formula is C28H33N3O2S2. The van der Waals surface area contributed by atoms with Crippen molar-refractivity contribution in [3.8, 4) is 5.75 Å².